The van der Waals surface area contributed by atoms with Gasteiger partial charge in [-0.2, -0.15) is 0 Å². The second-order valence-corrected chi connectivity index (χ2v) is 6.81. The lowest BCUT2D eigenvalue weighted by Gasteiger charge is -2.38. The van der Waals surface area contributed by atoms with Crippen LogP contribution >= 0.6 is 0 Å². The van der Waals surface area contributed by atoms with E-state index < -0.39 is 0 Å². The van der Waals surface area contributed by atoms with Crippen LogP contribution in [-0.4, -0.2) is 6.29 Å². The van der Waals surface area contributed by atoms with E-state index in [-0.39, 0.29) is 5.41 Å². The number of hydrogen-bond acceptors (Lipinski definition) is 1. The largest absolute Gasteiger partial charge is 0.303 e. The molecule has 1 nitrogen and oxygen atoms in total. The average molecular weight is 250 g/mol. The second-order valence-electron chi connectivity index (χ2n) is 6.81. The standard InChI is InChI=1S/C17H30O/c1-2-15(16-9-5-3-6-10-16)13-17(14-18)11-7-4-8-12-17/h14-16H,2-13H2,1H3. The molecule has 0 amide bonds. The minimum atomic E-state index is 0.0658. The predicted molar refractivity (Wildman–Crippen MR) is 76.6 cm³/mol. The average Bonchev–Trinajstić information content (AvgIpc) is 2.47. The molecule has 2 rings (SSSR count). The second kappa shape index (κ2) is 6.73. The first-order chi connectivity index (χ1) is 8.79. The van der Waals surface area contributed by atoms with Gasteiger partial charge in [-0.05, 0) is 31.1 Å². The Morgan fingerprint density at radius 1 is 1.06 bits per heavy atom. The molecule has 0 saturated heterocycles. The van der Waals surface area contributed by atoms with Crippen LogP contribution in [0.3, 0.4) is 0 Å². The van der Waals surface area contributed by atoms with Gasteiger partial charge in [0.15, 0.2) is 0 Å². The molecular formula is C17H30O. The molecule has 0 aromatic heterocycles. The number of carbonyl (C=O) groups excluding carboxylic acids is 1. The van der Waals surface area contributed by atoms with Crippen LogP contribution in [-0.2, 0) is 4.79 Å². The summed E-state index contributed by atoms with van der Waals surface area (Å²) in [5.41, 5.74) is 0.0658. The molecule has 0 aromatic carbocycles. The van der Waals surface area contributed by atoms with Crippen LogP contribution in [0.2, 0.25) is 0 Å². The molecule has 104 valence electrons. The Hall–Kier alpha value is -0.330. The minimum Gasteiger partial charge on any atom is -0.303 e. The molecule has 0 radical (unpaired) electrons. The molecular weight excluding hydrogens is 220 g/mol. The highest BCUT2D eigenvalue weighted by molar-refractivity contribution is 5.59. The van der Waals surface area contributed by atoms with Gasteiger partial charge in [-0.15, -0.1) is 0 Å². The highest BCUT2D eigenvalue weighted by atomic mass is 16.1. The Bertz CT molecular complexity index is 246. The van der Waals surface area contributed by atoms with Gasteiger partial charge in [-0.1, -0.05) is 64.7 Å². The van der Waals surface area contributed by atoms with E-state index in [1.165, 1.54) is 83.3 Å². The molecule has 0 N–H and O–H groups in total. The van der Waals surface area contributed by atoms with Gasteiger partial charge in [-0.3, -0.25) is 0 Å². The summed E-state index contributed by atoms with van der Waals surface area (Å²) in [6.07, 6.45) is 17.2. The number of carbonyl (C=O) groups is 1. The summed E-state index contributed by atoms with van der Waals surface area (Å²) in [7, 11) is 0. The van der Waals surface area contributed by atoms with Gasteiger partial charge in [0.25, 0.3) is 0 Å². The summed E-state index contributed by atoms with van der Waals surface area (Å²) in [6.45, 7) is 2.33. The van der Waals surface area contributed by atoms with Crippen molar-refractivity contribution in [3.8, 4) is 0 Å². The Morgan fingerprint density at radius 2 is 1.67 bits per heavy atom. The zero-order valence-electron chi connectivity index (χ0n) is 12.1. The van der Waals surface area contributed by atoms with E-state index in [9.17, 15) is 4.79 Å². The van der Waals surface area contributed by atoms with Gasteiger partial charge in [0.1, 0.15) is 6.29 Å². The van der Waals surface area contributed by atoms with Crippen molar-refractivity contribution in [1.82, 2.24) is 0 Å². The van der Waals surface area contributed by atoms with E-state index in [0.717, 1.165) is 11.8 Å². The highest BCUT2D eigenvalue weighted by Gasteiger charge is 2.36. The van der Waals surface area contributed by atoms with E-state index in [2.05, 4.69) is 6.92 Å². The summed E-state index contributed by atoms with van der Waals surface area (Å²) < 4.78 is 0. The first-order valence-electron chi connectivity index (χ1n) is 8.26. The lowest BCUT2D eigenvalue weighted by atomic mass is 9.65. The number of hydrogen-bond donors (Lipinski definition) is 0. The van der Waals surface area contributed by atoms with Crippen molar-refractivity contribution in [2.75, 3.05) is 0 Å². The van der Waals surface area contributed by atoms with Gasteiger partial charge in [-0.25, -0.2) is 0 Å². The van der Waals surface area contributed by atoms with E-state index >= 15 is 0 Å². The number of rotatable bonds is 5. The Labute approximate surface area is 113 Å². The van der Waals surface area contributed by atoms with Crippen molar-refractivity contribution in [3.63, 3.8) is 0 Å². The van der Waals surface area contributed by atoms with Crippen LogP contribution in [0.25, 0.3) is 0 Å². The SMILES string of the molecule is CCC(CC1(C=O)CCCCC1)C1CCCCC1. The molecule has 2 aliphatic rings. The Kier molecular flexibility index (Phi) is 5.26. The minimum absolute atomic E-state index is 0.0658. The van der Waals surface area contributed by atoms with Gasteiger partial charge in [0.2, 0.25) is 0 Å². The van der Waals surface area contributed by atoms with Crippen molar-refractivity contribution in [3.05, 3.63) is 0 Å². The van der Waals surface area contributed by atoms with Crippen LogP contribution in [0.5, 0.6) is 0 Å². The molecule has 1 unspecified atom stereocenters. The van der Waals surface area contributed by atoms with E-state index in [0.29, 0.717) is 0 Å². The smallest absolute Gasteiger partial charge is 0.126 e. The summed E-state index contributed by atoms with van der Waals surface area (Å²) >= 11 is 0. The van der Waals surface area contributed by atoms with E-state index in [4.69, 9.17) is 0 Å². The summed E-state index contributed by atoms with van der Waals surface area (Å²) in [6, 6.07) is 0. The van der Waals surface area contributed by atoms with Crippen LogP contribution < -0.4 is 0 Å². The van der Waals surface area contributed by atoms with E-state index in [1.54, 1.807) is 0 Å². The highest BCUT2D eigenvalue weighted by Crippen LogP contribution is 2.44. The fourth-order valence-electron chi connectivity index (χ4n) is 4.40. The van der Waals surface area contributed by atoms with Crippen LogP contribution in [0, 0.1) is 17.3 Å². The Balaban J connectivity index is 1.96. The van der Waals surface area contributed by atoms with Gasteiger partial charge < -0.3 is 4.79 Å². The van der Waals surface area contributed by atoms with E-state index in [1.807, 2.05) is 0 Å². The number of aldehydes is 1. The molecule has 0 heterocycles. The normalized spacial score (nSPS) is 26.7. The maximum Gasteiger partial charge on any atom is 0.126 e. The van der Waals surface area contributed by atoms with Crippen molar-refractivity contribution in [2.24, 2.45) is 17.3 Å². The molecule has 0 bridgehead atoms. The first-order valence-corrected chi connectivity index (χ1v) is 8.26. The third kappa shape index (κ3) is 3.36. The first kappa shape index (κ1) is 14.1. The molecule has 1 atom stereocenters. The van der Waals surface area contributed by atoms with Crippen LogP contribution in [0.15, 0.2) is 0 Å². The fourth-order valence-corrected chi connectivity index (χ4v) is 4.40. The predicted octanol–water partition coefficient (Wildman–Crippen LogP) is 5.13. The molecule has 0 aliphatic heterocycles. The summed E-state index contributed by atoms with van der Waals surface area (Å²) in [5, 5.41) is 0. The van der Waals surface area contributed by atoms with Gasteiger partial charge in [0.05, 0.1) is 0 Å². The lowest BCUT2D eigenvalue weighted by Crippen LogP contribution is -2.31. The topological polar surface area (TPSA) is 17.1 Å². The Morgan fingerprint density at radius 3 is 2.22 bits per heavy atom. The quantitative estimate of drug-likeness (QED) is 0.618. The maximum atomic E-state index is 11.6. The third-order valence-corrected chi connectivity index (χ3v) is 5.61. The van der Waals surface area contributed by atoms with Crippen LogP contribution in [0.1, 0.15) is 84.0 Å². The van der Waals surface area contributed by atoms with Gasteiger partial charge in [0, 0.05) is 5.41 Å². The zero-order valence-corrected chi connectivity index (χ0v) is 12.1. The van der Waals surface area contributed by atoms with Crippen molar-refractivity contribution < 1.29 is 4.79 Å². The fraction of sp³-hybridized carbons (Fsp3) is 0.941. The van der Waals surface area contributed by atoms with Crippen LogP contribution in [0.4, 0.5) is 0 Å². The van der Waals surface area contributed by atoms with Crippen molar-refractivity contribution >= 4 is 6.29 Å². The lowest BCUT2D eigenvalue weighted by molar-refractivity contribution is -0.119. The summed E-state index contributed by atoms with van der Waals surface area (Å²) in [4.78, 5) is 11.6. The molecule has 2 aliphatic carbocycles. The molecule has 18 heavy (non-hydrogen) atoms. The van der Waals surface area contributed by atoms with Gasteiger partial charge >= 0.3 is 0 Å². The zero-order chi connectivity index (χ0) is 12.8. The third-order valence-electron chi connectivity index (χ3n) is 5.61. The van der Waals surface area contributed by atoms with Crippen molar-refractivity contribution in [1.29, 1.82) is 0 Å². The molecule has 1 heteroatoms. The molecule has 2 saturated carbocycles. The summed E-state index contributed by atoms with van der Waals surface area (Å²) in [5.74, 6) is 1.73. The monoisotopic (exact) mass is 250 g/mol. The molecule has 0 spiro atoms. The molecule has 2 fully saturated rings. The van der Waals surface area contributed by atoms with Crippen molar-refractivity contribution in [2.45, 2.75) is 84.0 Å². The maximum absolute atomic E-state index is 11.6. The molecule has 0 aromatic rings.